The molecule has 1 aliphatic heterocycles. The summed E-state index contributed by atoms with van der Waals surface area (Å²) in [6.07, 6.45) is 0.768. The lowest BCUT2D eigenvalue weighted by Crippen LogP contribution is -2.23. The third kappa shape index (κ3) is 2.35. The molecule has 0 unspecified atom stereocenters. The Hall–Kier alpha value is -2.09. The molecular formula is C13H14N2O5S. The zero-order chi connectivity index (χ0) is 15.2. The molecule has 0 radical (unpaired) electrons. The van der Waals surface area contributed by atoms with Gasteiger partial charge < -0.3 is 10.2 Å². The van der Waals surface area contributed by atoms with Crippen LogP contribution in [0.1, 0.15) is 35.1 Å². The highest BCUT2D eigenvalue weighted by Crippen LogP contribution is 2.32. The van der Waals surface area contributed by atoms with Crippen molar-refractivity contribution in [3.05, 3.63) is 29.7 Å². The number of fused-ring (bicyclic) bond motifs is 1. The Morgan fingerprint density at radius 3 is 2.57 bits per heavy atom. The van der Waals surface area contributed by atoms with Crippen LogP contribution in [0.5, 0.6) is 5.88 Å². The molecule has 3 rings (SSSR count). The molecule has 7 nitrogen and oxygen atoms in total. The van der Waals surface area contributed by atoms with Gasteiger partial charge in [-0.2, -0.15) is 0 Å². The minimum atomic E-state index is -3.01. The van der Waals surface area contributed by atoms with Crippen LogP contribution >= 0.6 is 0 Å². The van der Waals surface area contributed by atoms with Gasteiger partial charge in [0.15, 0.2) is 11.6 Å². The quantitative estimate of drug-likeness (QED) is 0.857. The number of imidazole rings is 1. The fraction of sp³-hybridized carbons (Fsp3) is 0.385. The summed E-state index contributed by atoms with van der Waals surface area (Å²) in [5.41, 5.74) is 0.181. The number of hydrogen-bond acceptors (Lipinski definition) is 5. The number of carbonyl (C=O) groups is 1. The fourth-order valence-corrected chi connectivity index (χ4v) is 4.22. The van der Waals surface area contributed by atoms with Crippen LogP contribution in [0.2, 0.25) is 0 Å². The Kier molecular flexibility index (Phi) is 3.12. The third-order valence-corrected chi connectivity index (χ3v) is 5.51. The summed E-state index contributed by atoms with van der Waals surface area (Å²) in [4.78, 5) is 15.4. The molecule has 0 amide bonds. The number of carboxylic acids is 1. The SMILES string of the molecule is O=C(O)c1nc(C2CCS(=O)(=O)CC2)n2c(O)cccc12. The summed E-state index contributed by atoms with van der Waals surface area (Å²) in [7, 11) is -3.01. The average molecular weight is 310 g/mol. The molecule has 0 aromatic carbocycles. The van der Waals surface area contributed by atoms with Crippen LogP contribution in [0.4, 0.5) is 0 Å². The topological polar surface area (TPSA) is 109 Å². The molecule has 2 N–H and O–H groups in total. The van der Waals surface area contributed by atoms with Crippen LogP contribution in [-0.4, -0.2) is 45.5 Å². The lowest BCUT2D eigenvalue weighted by Gasteiger charge is -2.21. The van der Waals surface area contributed by atoms with Gasteiger partial charge in [-0.3, -0.25) is 4.40 Å². The van der Waals surface area contributed by atoms with Crippen LogP contribution in [0.3, 0.4) is 0 Å². The highest BCUT2D eigenvalue weighted by atomic mass is 32.2. The lowest BCUT2D eigenvalue weighted by molar-refractivity contribution is 0.0693. The lowest BCUT2D eigenvalue weighted by atomic mass is 10.0. The van der Waals surface area contributed by atoms with Crippen LogP contribution in [-0.2, 0) is 9.84 Å². The molecule has 1 aliphatic rings. The van der Waals surface area contributed by atoms with E-state index in [-0.39, 0.29) is 29.0 Å². The van der Waals surface area contributed by atoms with Crippen molar-refractivity contribution in [1.82, 2.24) is 9.38 Å². The van der Waals surface area contributed by atoms with Crippen molar-refractivity contribution in [1.29, 1.82) is 0 Å². The second kappa shape index (κ2) is 4.73. The minimum Gasteiger partial charge on any atom is -0.494 e. The molecule has 2 aromatic heterocycles. The second-order valence-corrected chi connectivity index (χ2v) is 7.46. The Balaban J connectivity index is 2.13. The van der Waals surface area contributed by atoms with E-state index in [0.29, 0.717) is 24.2 Å². The van der Waals surface area contributed by atoms with Gasteiger partial charge in [-0.15, -0.1) is 0 Å². The number of nitrogens with zero attached hydrogens (tertiary/aromatic N) is 2. The Labute approximate surface area is 120 Å². The number of aromatic nitrogens is 2. The first-order valence-electron chi connectivity index (χ1n) is 6.53. The Morgan fingerprint density at radius 1 is 1.29 bits per heavy atom. The summed E-state index contributed by atoms with van der Waals surface area (Å²) in [5, 5.41) is 19.2. The molecule has 0 aliphatic carbocycles. The molecule has 112 valence electrons. The number of hydrogen-bond donors (Lipinski definition) is 2. The van der Waals surface area contributed by atoms with E-state index in [0.717, 1.165) is 0 Å². The second-order valence-electron chi connectivity index (χ2n) is 5.15. The van der Waals surface area contributed by atoms with Crippen LogP contribution in [0.15, 0.2) is 18.2 Å². The van der Waals surface area contributed by atoms with Crippen molar-refractivity contribution in [3.63, 3.8) is 0 Å². The minimum absolute atomic E-state index is 0.0581. The van der Waals surface area contributed by atoms with E-state index in [2.05, 4.69) is 4.98 Å². The summed E-state index contributed by atoms with van der Waals surface area (Å²) >= 11 is 0. The van der Waals surface area contributed by atoms with E-state index in [1.807, 2.05) is 0 Å². The molecular weight excluding hydrogens is 296 g/mol. The number of pyridine rings is 1. The average Bonchev–Trinajstić information content (AvgIpc) is 2.80. The molecule has 1 saturated heterocycles. The summed E-state index contributed by atoms with van der Waals surface area (Å²) in [5.74, 6) is -0.924. The van der Waals surface area contributed by atoms with Gasteiger partial charge in [0.1, 0.15) is 15.7 Å². The third-order valence-electron chi connectivity index (χ3n) is 3.79. The van der Waals surface area contributed by atoms with Crippen molar-refractivity contribution in [2.45, 2.75) is 18.8 Å². The predicted molar refractivity (Wildman–Crippen MR) is 74.4 cm³/mol. The van der Waals surface area contributed by atoms with Gasteiger partial charge in [0.05, 0.1) is 17.0 Å². The van der Waals surface area contributed by atoms with Gasteiger partial charge in [-0.1, -0.05) is 6.07 Å². The molecule has 0 spiro atoms. The van der Waals surface area contributed by atoms with E-state index in [4.69, 9.17) is 0 Å². The highest BCUT2D eigenvalue weighted by Gasteiger charge is 2.30. The van der Waals surface area contributed by atoms with E-state index in [1.165, 1.54) is 10.5 Å². The monoisotopic (exact) mass is 310 g/mol. The van der Waals surface area contributed by atoms with Gasteiger partial charge in [-0.05, 0) is 25.0 Å². The highest BCUT2D eigenvalue weighted by molar-refractivity contribution is 7.91. The zero-order valence-corrected chi connectivity index (χ0v) is 11.9. The van der Waals surface area contributed by atoms with Gasteiger partial charge in [0, 0.05) is 5.92 Å². The molecule has 21 heavy (non-hydrogen) atoms. The van der Waals surface area contributed by atoms with Crippen molar-refractivity contribution in [3.8, 4) is 5.88 Å². The van der Waals surface area contributed by atoms with E-state index < -0.39 is 15.8 Å². The molecule has 3 heterocycles. The molecule has 1 fully saturated rings. The van der Waals surface area contributed by atoms with Gasteiger partial charge >= 0.3 is 5.97 Å². The van der Waals surface area contributed by atoms with Crippen LogP contribution < -0.4 is 0 Å². The molecule has 0 bridgehead atoms. The van der Waals surface area contributed by atoms with Crippen molar-refractivity contribution >= 4 is 21.3 Å². The molecule has 0 atom stereocenters. The van der Waals surface area contributed by atoms with Crippen LogP contribution in [0.25, 0.3) is 5.52 Å². The van der Waals surface area contributed by atoms with Crippen molar-refractivity contribution in [2.75, 3.05) is 11.5 Å². The maximum atomic E-state index is 11.5. The van der Waals surface area contributed by atoms with Crippen molar-refractivity contribution in [2.24, 2.45) is 0 Å². The van der Waals surface area contributed by atoms with Crippen molar-refractivity contribution < 1.29 is 23.4 Å². The van der Waals surface area contributed by atoms with Gasteiger partial charge in [-0.25, -0.2) is 18.2 Å². The zero-order valence-electron chi connectivity index (χ0n) is 11.1. The molecule has 0 saturated carbocycles. The summed E-state index contributed by atoms with van der Waals surface area (Å²) in [6.45, 7) is 0. The number of rotatable bonds is 2. The van der Waals surface area contributed by atoms with Gasteiger partial charge in [0.25, 0.3) is 0 Å². The van der Waals surface area contributed by atoms with E-state index in [1.54, 1.807) is 12.1 Å². The predicted octanol–water partition coefficient (Wildman–Crippen LogP) is 1.03. The standard InChI is InChI=1S/C13H14N2O5S/c16-10-3-1-2-9-11(13(17)18)14-12(15(9)10)8-4-6-21(19,20)7-5-8/h1-3,8,16H,4-7H2,(H,17,18). The number of aromatic carboxylic acids is 1. The molecule has 2 aromatic rings. The smallest absolute Gasteiger partial charge is 0.356 e. The summed E-state index contributed by atoms with van der Waals surface area (Å²) < 4.78 is 24.4. The number of sulfone groups is 1. The van der Waals surface area contributed by atoms with Gasteiger partial charge in [0.2, 0.25) is 0 Å². The first-order chi connectivity index (χ1) is 9.89. The summed E-state index contributed by atoms with van der Waals surface area (Å²) in [6, 6.07) is 4.57. The Morgan fingerprint density at radius 2 is 1.95 bits per heavy atom. The Bertz CT molecular complexity index is 810. The first-order valence-corrected chi connectivity index (χ1v) is 8.35. The molecule has 8 heteroatoms. The number of aromatic hydroxyl groups is 1. The van der Waals surface area contributed by atoms with E-state index in [9.17, 15) is 23.4 Å². The first kappa shape index (κ1) is 13.9. The fourth-order valence-electron chi connectivity index (χ4n) is 2.72. The number of carboxylic acid groups (broad SMARTS) is 1. The maximum absolute atomic E-state index is 11.5. The largest absolute Gasteiger partial charge is 0.494 e. The van der Waals surface area contributed by atoms with Crippen LogP contribution in [0, 0.1) is 0 Å². The maximum Gasteiger partial charge on any atom is 0.356 e. The van der Waals surface area contributed by atoms with E-state index >= 15 is 0 Å². The normalized spacial score (nSPS) is 18.9.